The highest BCUT2D eigenvalue weighted by Crippen LogP contribution is 2.27. The SMILES string of the molecule is Cc1c(F)cccc1-n1c(N)nc2ccc(Cl)cc21. The van der Waals surface area contributed by atoms with Crippen LogP contribution in [0.4, 0.5) is 10.3 Å². The zero-order valence-corrected chi connectivity index (χ0v) is 10.9. The predicted octanol–water partition coefficient (Wildman–Crippen LogP) is 3.71. The molecule has 0 aliphatic carbocycles. The van der Waals surface area contributed by atoms with Gasteiger partial charge >= 0.3 is 0 Å². The average Bonchev–Trinajstić information content (AvgIpc) is 2.69. The fourth-order valence-corrected chi connectivity index (χ4v) is 2.32. The minimum absolute atomic E-state index is 0.277. The van der Waals surface area contributed by atoms with E-state index < -0.39 is 0 Å². The summed E-state index contributed by atoms with van der Waals surface area (Å²) in [6, 6.07) is 10.2. The summed E-state index contributed by atoms with van der Waals surface area (Å²) in [5.41, 5.74) is 8.62. The molecule has 19 heavy (non-hydrogen) atoms. The average molecular weight is 276 g/mol. The van der Waals surface area contributed by atoms with Crippen LogP contribution in [0.1, 0.15) is 5.56 Å². The number of nitrogens with zero attached hydrogens (tertiary/aromatic N) is 2. The standard InChI is InChI=1S/C14H11ClFN3/c1-8-10(16)3-2-4-12(8)19-13-7-9(15)5-6-11(13)18-14(19)17/h2-7H,1H3,(H2,17,18). The van der Waals surface area contributed by atoms with Crippen molar-refractivity contribution in [2.45, 2.75) is 6.92 Å². The van der Waals surface area contributed by atoms with Gasteiger partial charge in [-0.05, 0) is 37.3 Å². The fourth-order valence-electron chi connectivity index (χ4n) is 2.16. The second-order valence-electron chi connectivity index (χ2n) is 4.32. The number of aromatic nitrogens is 2. The first-order chi connectivity index (χ1) is 9.08. The van der Waals surface area contributed by atoms with Gasteiger partial charge in [-0.2, -0.15) is 0 Å². The van der Waals surface area contributed by atoms with E-state index in [-0.39, 0.29) is 5.82 Å². The topological polar surface area (TPSA) is 43.8 Å². The molecule has 0 radical (unpaired) electrons. The third-order valence-corrected chi connectivity index (χ3v) is 3.36. The van der Waals surface area contributed by atoms with Crippen molar-refractivity contribution in [2.75, 3.05) is 5.73 Å². The quantitative estimate of drug-likeness (QED) is 0.736. The van der Waals surface area contributed by atoms with Gasteiger partial charge in [0.25, 0.3) is 0 Å². The number of nitrogen functional groups attached to an aromatic ring is 1. The molecule has 0 spiro atoms. The van der Waals surface area contributed by atoms with Crippen LogP contribution in [0.25, 0.3) is 16.7 Å². The lowest BCUT2D eigenvalue weighted by atomic mass is 10.2. The van der Waals surface area contributed by atoms with Crippen LogP contribution in [0, 0.1) is 12.7 Å². The van der Waals surface area contributed by atoms with Crippen LogP contribution in [0.2, 0.25) is 5.02 Å². The zero-order valence-electron chi connectivity index (χ0n) is 10.2. The minimum Gasteiger partial charge on any atom is -0.369 e. The Kier molecular flexibility index (Phi) is 2.68. The number of rotatable bonds is 1. The molecule has 0 aliphatic rings. The first kappa shape index (κ1) is 12.0. The maximum atomic E-state index is 13.7. The number of anilines is 1. The molecule has 3 nitrogen and oxygen atoms in total. The minimum atomic E-state index is -0.277. The van der Waals surface area contributed by atoms with Gasteiger partial charge in [-0.3, -0.25) is 4.57 Å². The Bertz CT molecular complexity index is 780. The summed E-state index contributed by atoms with van der Waals surface area (Å²) in [7, 11) is 0. The summed E-state index contributed by atoms with van der Waals surface area (Å²) < 4.78 is 15.4. The van der Waals surface area contributed by atoms with Crippen LogP contribution < -0.4 is 5.73 Å². The number of benzene rings is 2. The molecule has 1 heterocycles. The van der Waals surface area contributed by atoms with E-state index in [1.165, 1.54) is 6.07 Å². The zero-order chi connectivity index (χ0) is 13.6. The van der Waals surface area contributed by atoms with E-state index in [1.807, 2.05) is 0 Å². The maximum Gasteiger partial charge on any atom is 0.205 e. The van der Waals surface area contributed by atoms with Crippen molar-refractivity contribution >= 4 is 28.6 Å². The lowest BCUT2D eigenvalue weighted by Gasteiger charge is -2.10. The summed E-state index contributed by atoms with van der Waals surface area (Å²) in [5, 5.41) is 0.586. The number of hydrogen-bond acceptors (Lipinski definition) is 2. The van der Waals surface area contributed by atoms with Gasteiger partial charge in [-0.1, -0.05) is 17.7 Å². The molecular formula is C14H11ClFN3. The monoisotopic (exact) mass is 275 g/mol. The molecule has 0 atom stereocenters. The molecular weight excluding hydrogens is 265 g/mol. The van der Waals surface area contributed by atoms with Gasteiger partial charge in [-0.15, -0.1) is 0 Å². The molecule has 2 N–H and O–H groups in total. The molecule has 96 valence electrons. The third kappa shape index (κ3) is 1.85. The molecule has 0 saturated heterocycles. The van der Waals surface area contributed by atoms with Crippen LogP contribution >= 0.6 is 11.6 Å². The first-order valence-corrected chi connectivity index (χ1v) is 6.14. The van der Waals surface area contributed by atoms with Gasteiger partial charge in [0.05, 0.1) is 16.7 Å². The smallest absolute Gasteiger partial charge is 0.205 e. The van der Waals surface area contributed by atoms with E-state index in [9.17, 15) is 4.39 Å². The molecule has 2 aromatic carbocycles. The molecule has 5 heteroatoms. The molecule has 1 aromatic heterocycles. The number of nitrogens with two attached hydrogens (primary N) is 1. The third-order valence-electron chi connectivity index (χ3n) is 3.12. The van der Waals surface area contributed by atoms with Gasteiger partial charge in [0, 0.05) is 10.6 Å². The van der Waals surface area contributed by atoms with Crippen LogP contribution in [0.15, 0.2) is 36.4 Å². The summed E-state index contributed by atoms with van der Waals surface area (Å²) in [4.78, 5) is 4.26. The van der Waals surface area contributed by atoms with E-state index in [0.717, 1.165) is 11.0 Å². The Hall–Kier alpha value is -2.07. The Labute approximate surface area is 114 Å². The highest BCUT2D eigenvalue weighted by atomic mass is 35.5. The van der Waals surface area contributed by atoms with Crippen molar-refractivity contribution in [3.63, 3.8) is 0 Å². The Morgan fingerprint density at radius 2 is 2.05 bits per heavy atom. The van der Waals surface area contributed by atoms with E-state index >= 15 is 0 Å². The van der Waals surface area contributed by atoms with Crippen molar-refractivity contribution in [3.8, 4) is 5.69 Å². The second-order valence-corrected chi connectivity index (χ2v) is 4.76. The molecule has 0 unspecified atom stereocenters. The van der Waals surface area contributed by atoms with E-state index in [0.29, 0.717) is 22.2 Å². The lowest BCUT2D eigenvalue weighted by molar-refractivity contribution is 0.617. The molecule has 0 bridgehead atoms. The summed E-state index contributed by atoms with van der Waals surface area (Å²) in [6.07, 6.45) is 0. The van der Waals surface area contributed by atoms with Crippen molar-refractivity contribution < 1.29 is 4.39 Å². The van der Waals surface area contributed by atoms with E-state index in [2.05, 4.69) is 4.98 Å². The number of fused-ring (bicyclic) bond motifs is 1. The van der Waals surface area contributed by atoms with Crippen LogP contribution in [-0.2, 0) is 0 Å². The van der Waals surface area contributed by atoms with Crippen LogP contribution in [0.3, 0.4) is 0 Å². The summed E-state index contributed by atoms with van der Waals surface area (Å²) in [6.45, 7) is 1.71. The number of imidazole rings is 1. The van der Waals surface area contributed by atoms with Gasteiger partial charge in [-0.25, -0.2) is 9.37 Å². The lowest BCUT2D eigenvalue weighted by Crippen LogP contribution is -2.03. The highest BCUT2D eigenvalue weighted by Gasteiger charge is 2.13. The first-order valence-electron chi connectivity index (χ1n) is 5.77. The molecule has 0 fully saturated rings. The predicted molar refractivity (Wildman–Crippen MR) is 75.2 cm³/mol. The Morgan fingerprint density at radius 1 is 1.26 bits per heavy atom. The number of hydrogen-bond donors (Lipinski definition) is 1. The summed E-state index contributed by atoms with van der Waals surface area (Å²) in [5.74, 6) is 0.0340. The van der Waals surface area contributed by atoms with Crippen molar-refractivity contribution in [1.82, 2.24) is 9.55 Å². The van der Waals surface area contributed by atoms with Gasteiger partial charge in [0.2, 0.25) is 5.95 Å². The molecule has 0 saturated carbocycles. The molecule has 3 rings (SSSR count). The fraction of sp³-hybridized carbons (Fsp3) is 0.0714. The van der Waals surface area contributed by atoms with Gasteiger partial charge < -0.3 is 5.73 Å². The summed E-state index contributed by atoms with van der Waals surface area (Å²) >= 11 is 6.00. The van der Waals surface area contributed by atoms with Crippen LogP contribution in [0.5, 0.6) is 0 Å². The van der Waals surface area contributed by atoms with E-state index in [4.69, 9.17) is 17.3 Å². The van der Waals surface area contributed by atoms with Crippen LogP contribution in [-0.4, -0.2) is 9.55 Å². The van der Waals surface area contributed by atoms with Gasteiger partial charge in [0.1, 0.15) is 5.82 Å². The maximum absolute atomic E-state index is 13.7. The van der Waals surface area contributed by atoms with Crippen molar-refractivity contribution in [2.24, 2.45) is 0 Å². The normalized spacial score (nSPS) is 11.1. The highest BCUT2D eigenvalue weighted by molar-refractivity contribution is 6.31. The van der Waals surface area contributed by atoms with Crippen molar-refractivity contribution in [1.29, 1.82) is 0 Å². The Morgan fingerprint density at radius 3 is 2.84 bits per heavy atom. The van der Waals surface area contributed by atoms with Crippen molar-refractivity contribution in [3.05, 3.63) is 52.8 Å². The Balaban J connectivity index is 2.39. The molecule has 3 aromatic rings. The molecule has 0 amide bonds. The second kappa shape index (κ2) is 4.24. The number of halogens is 2. The van der Waals surface area contributed by atoms with Gasteiger partial charge in [0.15, 0.2) is 0 Å². The van der Waals surface area contributed by atoms with E-state index in [1.54, 1.807) is 41.8 Å². The molecule has 0 aliphatic heterocycles. The largest absolute Gasteiger partial charge is 0.369 e.